The van der Waals surface area contributed by atoms with Crippen molar-refractivity contribution in [3.05, 3.63) is 71.3 Å². The fourth-order valence-corrected chi connectivity index (χ4v) is 2.83. The topological polar surface area (TPSA) is 73.6 Å². The Morgan fingerprint density at radius 2 is 1.63 bits per heavy atom. The first-order valence-corrected chi connectivity index (χ1v) is 8.19. The molecule has 4 rings (SSSR count). The number of aryl methyl sites for hydroxylation is 1. The average Bonchev–Trinajstić information content (AvgIpc) is 2.68. The molecule has 4 heterocycles. The maximum atomic E-state index is 13.7. The Hall–Kier alpha value is -3.55. The number of halogens is 2. The number of rotatable bonds is 3. The minimum atomic E-state index is -0.540. The molecular formula is C19H13F2N5O. The van der Waals surface area contributed by atoms with Gasteiger partial charge in [0.1, 0.15) is 17.2 Å². The molecule has 4 aromatic heterocycles. The molecule has 8 heteroatoms. The van der Waals surface area contributed by atoms with E-state index in [9.17, 15) is 13.6 Å². The van der Waals surface area contributed by atoms with Crippen LogP contribution in [-0.2, 0) is 6.54 Å². The zero-order chi connectivity index (χ0) is 19.0. The Morgan fingerprint density at radius 3 is 2.30 bits per heavy atom. The van der Waals surface area contributed by atoms with Crippen molar-refractivity contribution in [2.24, 2.45) is 0 Å². The van der Waals surface area contributed by atoms with E-state index in [-0.39, 0.29) is 5.56 Å². The Bertz CT molecular complexity index is 1220. The molecule has 0 fully saturated rings. The second kappa shape index (κ2) is 6.64. The quantitative estimate of drug-likeness (QED) is 0.557. The summed E-state index contributed by atoms with van der Waals surface area (Å²) in [6.07, 6.45) is 6.45. The summed E-state index contributed by atoms with van der Waals surface area (Å²) in [5, 5.41) is 0.299. The van der Waals surface area contributed by atoms with Crippen LogP contribution in [0.4, 0.5) is 8.78 Å². The fourth-order valence-electron chi connectivity index (χ4n) is 2.83. The Labute approximate surface area is 152 Å². The van der Waals surface area contributed by atoms with Crippen LogP contribution in [0.2, 0.25) is 0 Å². The summed E-state index contributed by atoms with van der Waals surface area (Å²) < 4.78 is 28.8. The van der Waals surface area contributed by atoms with Gasteiger partial charge in [0.25, 0.3) is 5.56 Å². The molecular weight excluding hydrogens is 352 g/mol. The fraction of sp³-hybridized carbons (Fsp3) is 0.105. The molecule has 0 unspecified atom stereocenters. The van der Waals surface area contributed by atoms with Crippen LogP contribution in [0.15, 0.2) is 54.1 Å². The van der Waals surface area contributed by atoms with Crippen LogP contribution in [0.5, 0.6) is 0 Å². The SMILES string of the molecule is CCn1cnc2c(-c3cncc(F)c3)nc(-c3cncc(F)c3)cc2c1=O. The van der Waals surface area contributed by atoms with Crippen LogP contribution in [-0.4, -0.2) is 24.5 Å². The summed E-state index contributed by atoms with van der Waals surface area (Å²) in [5.41, 5.74) is 1.45. The number of hydrogen-bond donors (Lipinski definition) is 0. The van der Waals surface area contributed by atoms with E-state index >= 15 is 0 Å². The highest BCUT2D eigenvalue weighted by atomic mass is 19.1. The van der Waals surface area contributed by atoms with Crippen LogP contribution in [0.1, 0.15) is 6.92 Å². The monoisotopic (exact) mass is 365 g/mol. The summed E-state index contributed by atoms with van der Waals surface area (Å²) in [4.78, 5) is 29.3. The molecule has 0 aliphatic rings. The summed E-state index contributed by atoms with van der Waals surface area (Å²) in [6, 6.07) is 4.07. The van der Waals surface area contributed by atoms with Crippen molar-refractivity contribution in [3.63, 3.8) is 0 Å². The van der Waals surface area contributed by atoms with E-state index in [0.29, 0.717) is 40.0 Å². The van der Waals surface area contributed by atoms with Gasteiger partial charge >= 0.3 is 0 Å². The third-order valence-electron chi connectivity index (χ3n) is 4.13. The van der Waals surface area contributed by atoms with Crippen LogP contribution in [0.25, 0.3) is 33.4 Å². The number of nitrogens with zero attached hydrogens (tertiary/aromatic N) is 5. The maximum Gasteiger partial charge on any atom is 0.261 e. The van der Waals surface area contributed by atoms with E-state index in [1.807, 2.05) is 6.92 Å². The van der Waals surface area contributed by atoms with Crippen molar-refractivity contribution in [1.82, 2.24) is 24.5 Å². The van der Waals surface area contributed by atoms with Gasteiger partial charge < -0.3 is 0 Å². The minimum absolute atomic E-state index is 0.263. The van der Waals surface area contributed by atoms with Gasteiger partial charge in [-0.2, -0.15) is 0 Å². The van der Waals surface area contributed by atoms with Crippen molar-refractivity contribution in [2.45, 2.75) is 13.5 Å². The number of hydrogen-bond acceptors (Lipinski definition) is 5. The lowest BCUT2D eigenvalue weighted by atomic mass is 10.1. The maximum absolute atomic E-state index is 13.7. The van der Waals surface area contributed by atoms with Gasteiger partial charge in [-0.25, -0.2) is 18.7 Å². The molecule has 0 bridgehead atoms. The van der Waals surface area contributed by atoms with Crippen molar-refractivity contribution in [2.75, 3.05) is 0 Å². The van der Waals surface area contributed by atoms with Crippen LogP contribution in [0.3, 0.4) is 0 Å². The molecule has 0 amide bonds. The first-order valence-electron chi connectivity index (χ1n) is 8.19. The lowest BCUT2D eigenvalue weighted by Crippen LogP contribution is -2.20. The molecule has 0 spiro atoms. The van der Waals surface area contributed by atoms with Gasteiger partial charge in [-0.05, 0) is 25.1 Å². The minimum Gasteiger partial charge on any atom is -0.299 e. The van der Waals surface area contributed by atoms with E-state index in [1.165, 1.54) is 35.4 Å². The van der Waals surface area contributed by atoms with Gasteiger partial charge in [-0.3, -0.25) is 19.3 Å². The third-order valence-corrected chi connectivity index (χ3v) is 4.13. The number of fused-ring (bicyclic) bond motifs is 1. The van der Waals surface area contributed by atoms with Crippen molar-refractivity contribution in [1.29, 1.82) is 0 Å². The van der Waals surface area contributed by atoms with E-state index in [1.54, 1.807) is 6.07 Å². The summed E-state index contributed by atoms with van der Waals surface area (Å²) in [6.45, 7) is 2.27. The predicted molar refractivity (Wildman–Crippen MR) is 95.9 cm³/mol. The standard InChI is InChI=1S/C19H13F2N5O/c1-2-26-10-24-18-15(19(26)27)5-16(11-3-13(20)8-22-6-11)25-17(18)12-4-14(21)9-23-7-12/h3-10H,2H2,1H3. The molecule has 27 heavy (non-hydrogen) atoms. The average molecular weight is 365 g/mol. The second-order valence-corrected chi connectivity index (χ2v) is 5.87. The second-order valence-electron chi connectivity index (χ2n) is 5.87. The predicted octanol–water partition coefficient (Wildman–Crippen LogP) is 3.21. The number of pyridine rings is 3. The van der Waals surface area contributed by atoms with Crippen LogP contribution < -0.4 is 5.56 Å². The van der Waals surface area contributed by atoms with E-state index in [0.717, 1.165) is 12.4 Å². The van der Waals surface area contributed by atoms with Gasteiger partial charge in [0.05, 0.1) is 35.5 Å². The molecule has 0 aliphatic carbocycles. The molecule has 0 atom stereocenters. The molecule has 0 saturated heterocycles. The van der Waals surface area contributed by atoms with E-state index in [2.05, 4.69) is 19.9 Å². The molecule has 6 nitrogen and oxygen atoms in total. The van der Waals surface area contributed by atoms with Crippen molar-refractivity contribution >= 4 is 10.9 Å². The summed E-state index contributed by atoms with van der Waals surface area (Å²) in [7, 11) is 0. The van der Waals surface area contributed by atoms with E-state index < -0.39 is 11.6 Å². The van der Waals surface area contributed by atoms with E-state index in [4.69, 9.17) is 0 Å². The normalized spacial score (nSPS) is 11.1. The Balaban J connectivity index is 2.09. The lowest BCUT2D eigenvalue weighted by molar-refractivity contribution is 0.621. The summed E-state index contributed by atoms with van der Waals surface area (Å²) >= 11 is 0. The van der Waals surface area contributed by atoms with Gasteiger partial charge in [0.15, 0.2) is 0 Å². The van der Waals surface area contributed by atoms with Gasteiger partial charge in [0, 0.05) is 30.1 Å². The van der Waals surface area contributed by atoms with Crippen LogP contribution in [0, 0.1) is 11.6 Å². The molecule has 0 aliphatic heterocycles. The third kappa shape index (κ3) is 3.05. The smallest absolute Gasteiger partial charge is 0.261 e. The van der Waals surface area contributed by atoms with Gasteiger partial charge in [0.2, 0.25) is 0 Å². The highest BCUT2D eigenvalue weighted by Crippen LogP contribution is 2.28. The molecule has 0 saturated carbocycles. The van der Waals surface area contributed by atoms with Gasteiger partial charge in [-0.1, -0.05) is 0 Å². The lowest BCUT2D eigenvalue weighted by Gasteiger charge is -2.10. The molecule has 134 valence electrons. The Morgan fingerprint density at radius 1 is 0.963 bits per heavy atom. The zero-order valence-corrected chi connectivity index (χ0v) is 14.2. The molecule has 0 radical (unpaired) electrons. The first-order chi connectivity index (χ1) is 13.1. The highest BCUT2D eigenvalue weighted by Gasteiger charge is 2.15. The highest BCUT2D eigenvalue weighted by molar-refractivity contribution is 5.93. The Kier molecular flexibility index (Phi) is 4.15. The largest absolute Gasteiger partial charge is 0.299 e. The molecule has 0 N–H and O–H groups in total. The molecule has 4 aromatic rings. The van der Waals surface area contributed by atoms with Crippen molar-refractivity contribution < 1.29 is 8.78 Å². The first kappa shape index (κ1) is 16.9. The molecule has 0 aromatic carbocycles. The number of aromatic nitrogens is 5. The van der Waals surface area contributed by atoms with Crippen LogP contribution >= 0.6 is 0 Å². The summed E-state index contributed by atoms with van der Waals surface area (Å²) in [5.74, 6) is -1.07. The zero-order valence-electron chi connectivity index (χ0n) is 14.2. The van der Waals surface area contributed by atoms with Crippen molar-refractivity contribution in [3.8, 4) is 22.5 Å². The van der Waals surface area contributed by atoms with Gasteiger partial charge in [-0.15, -0.1) is 0 Å².